The SMILES string of the molecule is Cc1cccc(C(N)Cc2cc(F)cc(Br)c2)c1. The molecule has 0 amide bonds. The quantitative estimate of drug-likeness (QED) is 0.906. The average molecular weight is 308 g/mol. The van der Waals surface area contributed by atoms with Crippen molar-refractivity contribution in [3.63, 3.8) is 0 Å². The van der Waals surface area contributed by atoms with Crippen molar-refractivity contribution in [2.75, 3.05) is 0 Å². The van der Waals surface area contributed by atoms with E-state index in [-0.39, 0.29) is 11.9 Å². The van der Waals surface area contributed by atoms with E-state index in [9.17, 15) is 4.39 Å². The fraction of sp³-hybridized carbons (Fsp3) is 0.200. The van der Waals surface area contributed by atoms with E-state index in [0.717, 1.165) is 15.6 Å². The third-order valence-corrected chi connectivity index (χ3v) is 3.31. The summed E-state index contributed by atoms with van der Waals surface area (Å²) < 4.78 is 14.0. The molecule has 2 N–H and O–H groups in total. The van der Waals surface area contributed by atoms with Crippen LogP contribution in [0, 0.1) is 12.7 Å². The Morgan fingerprint density at radius 2 is 2.00 bits per heavy atom. The Hall–Kier alpha value is -1.19. The number of rotatable bonds is 3. The van der Waals surface area contributed by atoms with Crippen molar-refractivity contribution >= 4 is 15.9 Å². The largest absolute Gasteiger partial charge is 0.324 e. The molecular weight excluding hydrogens is 293 g/mol. The summed E-state index contributed by atoms with van der Waals surface area (Å²) in [7, 11) is 0. The Balaban J connectivity index is 2.18. The van der Waals surface area contributed by atoms with Gasteiger partial charge in [-0.1, -0.05) is 45.8 Å². The van der Waals surface area contributed by atoms with Crippen LogP contribution in [0.5, 0.6) is 0 Å². The Morgan fingerprint density at radius 3 is 2.67 bits per heavy atom. The predicted molar refractivity (Wildman–Crippen MR) is 75.9 cm³/mol. The molecule has 0 fully saturated rings. The van der Waals surface area contributed by atoms with E-state index in [0.29, 0.717) is 6.42 Å². The van der Waals surface area contributed by atoms with Crippen molar-refractivity contribution in [1.29, 1.82) is 0 Å². The minimum Gasteiger partial charge on any atom is -0.324 e. The Morgan fingerprint density at radius 1 is 1.22 bits per heavy atom. The second-order valence-electron chi connectivity index (χ2n) is 4.50. The summed E-state index contributed by atoms with van der Waals surface area (Å²) in [4.78, 5) is 0. The topological polar surface area (TPSA) is 26.0 Å². The van der Waals surface area contributed by atoms with Gasteiger partial charge in [0.1, 0.15) is 5.82 Å². The molecule has 0 aliphatic rings. The molecule has 1 unspecified atom stereocenters. The van der Waals surface area contributed by atoms with Crippen molar-refractivity contribution in [1.82, 2.24) is 0 Å². The third-order valence-electron chi connectivity index (χ3n) is 2.85. The van der Waals surface area contributed by atoms with E-state index >= 15 is 0 Å². The maximum atomic E-state index is 13.3. The lowest BCUT2D eigenvalue weighted by atomic mass is 9.98. The van der Waals surface area contributed by atoms with Crippen molar-refractivity contribution in [2.24, 2.45) is 5.73 Å². The molecule has 2 aromatic rings. The highest BCUT2D eigenvalue weighted by Crippen LogP contribution is 2.21. The molecule has 2 aromatic carbocycles. The Kier molecular flexibility index (Phi) is 4.15. The lowest BCUT2D eigenvalue weighted by Crippen LogP contribution is -2.13. The molecule has 18 heavy (non-hydrogen) atoms. The number of nitrogens with two attached hydrogens (primary N) is 1. The molecule has 0 radical (unpaired) electrons. The second kappa shape index (κ2) is 5.63. The number of hydrogen-bond acceptors (Lipinski definition) is 1. The number of aryl methyl sites for hydroxylation is 1. The van der Waals surface area contributed by atoms with Crippen LogP contribution in [0.3, 0.4) is 0 Å². The molecule has 0 aromatic heterocycles. The molecular formula is C15H15BrFN. The van der Waals surface area contributed by atoms with E-state index < -0.39 is 0 Å². The maximum Gasteiger partial charge on any atom is 0.124 e. The molecule has 0 spiro atoms. The molecule has 0 heterocycles. The van der Waals surface area contributed by atoms with Crippen LogP contribution in [0.15, 0.2) is 46.9 Å². The van der Waals surface area contributed by atoms with Gasteiger partial charge >= 0.3 is 0 Å². The molecule has 0 bridgehead atoms. The predicted octanol–water partition coefficient (Wildman–Crippen LogP) is 4.14. The third kappa shape index (κ3) is 3.40. The van der Waals surface area contributed by atoms with Gasteiger partial charge in [0.25, 0.3) is 0 Å². The van der Waals surface area contributed by atoms with Gasteiger partial charge in [0.15, 0.2) is 0 Å². The van der Waals surface area contributed by atoms with Gasteiger partial charge < -0.3 is 5.73 Å². The normalized spacial score (nSPS) is 12.4. The highest BCUT2D eigenvalue weighted by molar-refractivity contribution is 9.10. The fourth-order valence-electron chi connectivity index (χ4n) is 2.00. The van der Waals surface area contributed by atoms with Crippen LogP contribution >= 0.6 is 15.9 Å². The first-order valence-corrected chi connectivity index (χ1v) is 6.61. The highest BCUT2D eigenvalue weighted by atomic mass is 79.9. The van der Waals surface area contributed by atoms with Crippen LogP contribution in [0.4, 0.5) is 4.39 Å². The summed E-state index contributed by atoms with van der Waals surface area (Å²) in [6, 6.07) is 12.9. The first-order chi connectivity index (χ1) is 8.54. The number of benzene rings is 2. The van der Waals surface area contributed by atoms with Crippen molar-refractivity contribution in [3.8, 4) is 0 Å². The summed E-state index contributed by atoms with van der Waals surface area (Å²) >= 11 is 3.29. The van der Waals surface area contributed by atoms with Crippen molar-refractivity contribution < 1.29 is 4.39 Å². The molecule has 0 aliphatic carbocycles. The van der Waals surface area contributed by atoms with Crippen molar-refractivity contribution in [2.45, 2.75) is 19.4 Å². The summed E-state index contributed by atoms with van der Waals surface area (Å²) in [5.41, 5.74) is 9.32. The summed E-state index contributed by atoms with van der Waals surface area (Å²) in [6.45, 7) is 2.04. The number of hydrogen-bond donors (Lipinski definition) is 1. The molecule has 94 valence electrons. The van der Waals surface area contributed by atoms with Gasteiger partial charge in [0.05, 0.1) is 0 Å². The summed E-state index contributed by atoms with van der Waals surface area (Å²) in [5.74, 6) is -0.240. The summed E-state index contributed by atoms with van der Waals surface area (Å²) in [6.07, 6.45) is 0.625. The smallest absolute Gasteiger partial charge is 0.124 e. The highest BCUT2D eigenvalue weighted by Gasteiger charge is 2.08. The Bertz CT molecular complexity index is 534. The molecule has 0 aliphatic heterocycles. The monoisotopic (exact) mass is 307 g/mol. The standard InChI is InChI=1S/C15H15BrFN/c1-10-3-2-4-12(5-10)15(18)8-11-6-13(16)9-14(17)7-11/h2-7,9,15H,8,18H2,1H3. The average Bonchev–Trinajstić information content (AvgIpc) is 2.27. The van der Waals surface area contributed by atoms with Crippen LogP contribution < -0.4 is 5.73 Å². The van der Waals surface area contributed by atoms with E-state index in [2.05, 4.69) is 22.0 Å². The van der Waals surface area contributed by atoms with Gasteiger partial charge in [0.2, 0.25) is 0 Å². The molecule has 0 saturated carbocycles. The van der Waals surface area contributed by atoms with Crippen molar-refractivity contribution in [3.05, 3.63) is 69.4 Å². The Labute approximate surface area is 115 Å². The van der Waals surface area contributed by atoms with Gasteiger partial charge in [-0.05, 0) is 42.7 Å². The van der Waals surface area contributed by atoms with E-state index in [1.54, 1.807) is 0 Å². The van der Waals surface area contributed by atoms with Gasteiger partial charge in [-0.25, -0.2) is 4.39 Å². The van der Waals surface area contributed by atoms with Crippen LogP contribution in [-0.2, 0) is 6.42 Å². The number of halogens is 2. The van der Waals surface area contributed by atoms with Gasteiger partial charge in [-0.2, -0.15) is 0 Å². The summed E-state index contributed by atoms with van der Waals surface area (Å²) in [5, 5.41) is 0. The zero-order valence-electron chi connectivity index (χ0n) is 10.2. The van der Waals surface area contributed by atoms with Crippen LogP contribution in [0.2, 0.25) is 0 Å². The van der Waals surface area contributed by atoms with E-state index in [1.165, 1.54) is 17.7 Å². The van der Waals surface area contributed by atoms with Gasteiger partial charge in [-0.3, -0.25) is 0 Å². The molecule has 3 heteroatoms. The lowest BCUT2D eigenvalue weighted by molar-refractivity contribution is 0.621. The first-order valence-electron chi connectivity index (χ1n) is 5.82. The van der Waals surface area contributed by atoms with E-state index in [4.69, 9.17) is 5.73 Å². The second-order valence-corrected chi connectivity index (χ2v) is 5.42. The maximum absolute atomic E-state index is 13.3. The zero-order chi connectivity index (χ0) is 13.1. The molecule has 2 rings (SSSR count). The fourth-order valence-corrected chi connectivity index (χ4v) is 2.51. The zero-order valence-corrected chi connectivity index (χ0v) is 11.7. The minimum absolute atomic E-state index is 0.112. The van der Waals surface area contributed by atoms with Crippen LogP contribution in [0.25, 0.3) is 0 Å². The van der Waals surface area contributed by atoms with Gasteiger partial charge in [0, 0.05) is 10.5 Å². The van der Waals surface area contributed by atoms with E-state index in [1.807, 2.05) is 31.2 Å². The molecule has 1 nitrogen and oxygen atoms in total. The molecule has 1 atom stereocenters. The molecule has 0 saturated heterocycles. The first kappa shape index (κ1) is 13.2. The lowest BCUT2D eigenvalue weighted by Gasteiger charge is -2.13. The van der Waals surface area contributed by atoms with Gasteiger partial charge in [-0.15, -0.1) is 0 Å². The minimum atomic E-state index is -0.240. The van der Waals surface area contributed by atoms with Crippen LogP contribution in [-0.4, -0.2) is 0 Å². The van der Waals surface area contributed by atoms with Crippen LogP contribution in [0.1, 0.15) is 22.7 Å².